The number of carbonyl (C=O) groups excluding carboxylic acids is 1. The molecule has 0 bridgehead atoms. The van der Waals surface area contributed by atoms with Crippen molar-refractivity contribution < 1.29 is 9.53 Å². The van der Waals surface area contributed by atoms with E-state index in [1.165, 1.54) is 0 Å². The standard InChI is InChI=1S/C21H25N3O2/c1-4-26-11-7-10-24-19-9-6-5-8-18(19)22-21(24)23-20(25)17-13-15(2)12-16(3)14-17/h5-6,8-9,12-14H,4,7,10-11H2,1-3H3,(H,22,23,25). The van der Waals surface area contributed by atoms with Crippen molar-refractivity contribution in [3.8, 4) is 0 Å². The topological polar surface area (TPSA) is 56.1 Å². The van der Waals surface area contributed by atoms with Crippen LogP contribution in [-0.2, 0) is 11.3 Å². The van der Waals surface area contributed by atoms with Gasteiger partial charge in [-0.15, -0.1) is 0 Å². The first-order valence-corrected chi connectivity index (χ1v) is 9.01. The molecular weight excluding hydrogens is 326 g/mol. The lowest BCUT2D eigenvalue weighted by molar-refractivity contribution is 0.102. The van der Waals surface area contributed by atoms with E-state index in [0.29, 0.717) is 24.7 Å². The van der Waals surface area contributed by atoms with Gasteiger partial charge >= 0.3 is 0 Å². The Kier molecular flexibility index (Phi) is 5.68. The molecule has 26 heavy (non-hydrogen) atoms. The third-order valence-electron chi connectivity index (χ3n) is 4.24. The van der Waals surface area contributed by atoms with E-state index in [1.807, 2.05) is 57.2 Å². The van der Waals surface area contributed by atoms with E-state index >= 15 is 0 Å². The molecule has 0 saturated carbocycles. The van der Waals surface area contributed by atoms with Gasteiger partial charge in [0.2, 0.25) is 5.95 Å². The maximum Gasteiger partial charge on any atom is 0.257 e. The minimum atomic E-state index is -0.141. The van der Waals surface area contributed by atoms with Crippen LogP contribution >= 0.6 is 0 Å². The molecular formula is C21H25N3O2. The summed E-state index contributed by atoms with van der Waals surface area (Å²) >= 11 is 0. The van der Waals surface area contributed by atoms with E-state index in [4.69, 9.17) is 4.74 Å². The van der Waals surface area contributed by atoms with Crippen LogP contribution in [0.25, 0.3) is 11.0 Å². The summed E-state index contributed by atoms with van der Waals surface area (Å²) in [6, 6.07) is 13.8. The van der Waals surface area contributed by atoms with Gasteiger partial charge in [-0.2, -0.15) is 0 Å². The number of hydrogen-bond acceptors (Lipinski definition) is 3. The number of fused-ring (bicyclic) bond motifs is 1. The molecule has 1 aromatic heterocycles. The number of hydrogen-bond donors (Lipinski definition) is 1. The summed E-state index contributed by atoms with van der Waals surface area (Å²) in [7, 11) is 0. The molecule has 3 rings (SSSR count). The molecule has 0 aliphatic heterocycles. The van der Waals surface area contributed by atoms with Crippen molar-refractivity contribution >= 4 is 22.9 Å². The third kappa shape index (κ3) is 4.11. The van der Waals surface area contributed by atoms with E-state index < -0.39 is 0 Å². The van der Waals surface area contributed by atoms with E-state index in [9.17, 15) is 4.79 Å². The van der Waals surface area contributed by atoms with Gasteiger partial charge in [0.15, 0.2) is 0 Å². The fourth-order valence-corrected chi connectivity index (χ4v) is 3.15. The van der Waals surface area contributed by atoms with Crippen LogP contribution in [0.5, 0.6) is 0 Å². The molecule has 2 aromatic carbocycles. The predicted octanol–water partition coefficient (Wildman–Crippen LogP) is 4.33. The molecule has 1 N–H and O–H groups in total. The second kappa shape index (κ2) is 8.15. The zero-order valence-electron chi connectivity index (χ0n) is 15.6. The van der Waals surface area contributed by atoms with Gasteiger partial charge in [0.25, 0.3) is 5.91 Å². The fraction of sp³-hybridized carbons (Fsp3) is 0.333. The average molecular weight is 351 g/mol. The summed E-state index contributed by atoms with van der Waals surface area (Å²) in [5.74, 6) is 0.435. The molecule has 5 nitrogen and oxygen atoms in total. The van der Waals surface area contributed by atoms with Gasteiger partial charge in [-0.05, 0) is 51.5 Å². The van der Waals surface area contributed by atoms with Crippen LogP contribution in [0.2, 0.25) is 0 Å². The number of nitrogens with zero attached hydrogens (tertiary/aromatic N) is 2. The molecule has 0 spiro atoms. The van der Waals surface area contributed by atoms with E-state index in [2.05, 4.69) is 20.9 Å². The molecule has 5 heteroatoms. The number of imidazole rings is 1. The highest BCUT2D eigenvalue weighted by Crippen LogP contribution is 2.21. The predicted molar refractivity (Wildman–Crippen MR) is 105 cm³/mol. The molecule has 136 valence electrons. The summed E-state index contributed by atoms with van der Waals surface area (Å²) in [5.41, 5.74) is 4.68. The van der Waals surface area contributed by atoms with Crippen molar-refractivity contribution in [2.75, 3.05) is 18.5 Å². The van der Waals surface area contributed by atoms with Gasteiger partial charge in [0.05, 0.1) is 11.0 Å². The molecule has 0 atom stereocenters. The quantitative estimate of drug-likeness (QED) is 0.645. The molecule has 3 aromatic rings. The number of aryl methyl sites for hydroxylation is 3. The Balaban J connectivity index is 1.87. The lowest BCUT2D eigenvalue weighted by Crippen LogP contribution is -2.17. The molecule has 0 saturated heterocycles. The van der Waals surface area contributed by atoms with E-state index in [-0.39, 0.29) is 5.91 Å². The van der Waals surface area contributed by atoms with Crippen molar-refractivity contribution in [3.63, 3.8) is 0 Å². The molecule has 1 amide bonds. The number of rotatable bonds is 7. The second-order valence-corrected chi connectivity index (χ2v) is 6.46. The third-order valence-corrected chi connectivity index (χ3v) is 4.24. The smallest absolute Gasteiger partial charge is 0.257 e. The largest absolute Gasteiger partial charge is 0.382 e. The summed E-state index contributed by atoms with van der Waals surface area (Å²) in [5, 5.41) is 2.98. The normalized spacial score (nSPS) is 11.0. The summed E-state index contributed by atoms with van der Waals surface area (Å²) in [4.78, 5) is 17.3. The minimum absolute atomic E-state index is 0.141. The minimum Gasteiger partial charge on any atom is -0.382 e. The number of amides is 1. The first-order valence-electron chi connectivity index (χ1n) is 9.01. The second-order valence-electron chi connectivity index (χ2n) is 6.46. The number of anilines is 1. The maximum atomic E-state index is 12.7. The number of benzene rings is 2. The lowest BCUT2D eigenvalue weighted by Gasteiger charge is -2.11. The molecule has 0 aliphatic rings. The highest BCUT2D eigenvalue weighted by atomic mass is 16.5. The Labute approximate surface area is 154 Å². The zero-order valence-corrected chi connectivity index (χ0v) is 15.6. The van der Waals surface area contributed by atoms with E-state index in [0.717, 1.165) is 35.1 Å². The number of ether oxygens (including phenoxy) is 1. The molecule has 1 heterocycles. The van der Waals surface area contributed by atoms with Crippen LogP contribution in [-0.4, -0.2) is 28.7 Å². The van der Waals surface area contributed by atoms with Crippen LogP contribution in [0.1, 0.15) is 34.8 Å². The van der Waals surface area contributed by atoms with Crippen LogP contribution < -0.4 is 5.32 Å². The first kappa shape index (κ1) is 18.1. The number of carbonyl (C=O) groups is 1. The molecule has 0 radical (unpaired) electrons. The fourth-order valence-electron chi connectivity index (χ4n) is 3.15. The number of para-hydroxylation sites is 2. The lowest BCUT2D eigenvalue weighted by atomic mass is 10.1. The van der Waals surface area contributed by atoms with Crippen LogP contribution in [0, 0.1) is 13.8 Å². The molecule has 0 aliphatic carbocycles. The van der Waals surface area contributed by atoms with Crippen LogP contribution in [0.4, 0.5) is 5.95 Å². The van der Waals surface area contributed by atoms with Crippen molar-refractivity contribution in [2.24, 2.45) is 0 Å². The van der Waals surface area contributed by atoms with E-state index in [1.54, 1.807) is 0 Å². The molecule has 0 unspecified atom stereocenters. The van der Waals surface area contributed by atoms with Crippen LogP contribution in [0.15, 0.2) is 42.5 Å². The van der Waals surface area contributed by atoms with Gasteiger partial charge in [-0.3, -0.25) is 10.1 Å². The highest BCUT2D eigenvalue weighted by Gasteiger charge is 2.14. The van der Waals surface area contributed by atoms with Crippen molar-refractivity contribution in [1.29, 1.82) is 0 Å². The van der Waals surface area contributed by atoms with Crippen molar-refractivity contribution in [1.82, 2.24) is 9.55 Å². The van der Waals surface area contributed by atoms with Gasteiger partial charge in [0, 0.05) is 25.3 Å². The van der Waals surface area contributed by atoms with Gasteiger partial charge < -0.3 is 9.30 Å². The van der Waals surface area contributed by atoms with Crippen LogP contribution in [0.3, 0.4) is 0 Å². The number of aromatic nitrogens is 2. The Bertz CT molecular complexity index is 895. The Morgan fingerprint density at radius 3 is 2.62 bits per heavy atom. The summed E-state index contributed by atoms with van der Waals surface area (Å²) in [6.07, 6.45) is 0.862. The average Bonchev–Trinajstić information content (AvgIpc) is 2.95. The monoisotopic (exact) mass is 351 g/mol. The SMILES string of the molecule is CCOCCCn1c(NC(=O)c2cc(C)cc(C)c2)nc2ccccc21. The van der Waals surface area contributed by atoms with Gasteiger partial charge in [0.1, 0.15) is 0 Å². The Morgan fingerprint density at radius 1 is 1.15 bits per heavy atom. The Morgan fingerprint density at radius 2 is 1.88 bits per heavy atom. The highest BCUT2D eigenvalue weighted by molar-refractivity contribution is 6.04. The van der Waals surface area contributed by atoms with Crippen molar-refractivity contribution in [3.05, 3.63) is 59.2 Å². The summed E-state index contributed by atoms with van der Waals surface area (Å²) in [6.45, 7) is 8.11. The maximum absolute atomic E-state index is 12.7. The van der Waals surface area contributed by atoms with Gasteiger partial charge in [-0.1, -0.05) is 29.3 Å². The van der Waals surface area contributed by atoms with Gasteiger partial charge in [-0.25, -0.2) is 4.98 Å². The zero-order chi connectivity index (χ0) is 18.5. The number of nitrogens with one attached hydrogen (secondary N) is 1. The summed E-state index contributed by atoms with van der Waals surface area (Å²) < 4.78 is 7.49. The Hall–Kier alpha value is -2.66. The first-order chi connectivity index (χ1) is 12.6. The molecule has 0 fully saturated rings. The van der Waals surface area contributed by atoms with Crippen molar-refractivity contribution in [2.45, 2.75) is 33.7 Å².